The highest BCUT2D eigenvalue weighted by molar-refractivity contribution is 5.84. The van der Waals surface area contributed by atoms with Crippen molar-refractivity contribution in [2.75, 3.05) is 19.7 Å². The van der Waals surface area contributed by atoms with Gasteiger partial charge in [-0.05, 0) is 54.2 Å². The van der Waals surface area contributed by atoms with Crippen LogP contribution in [-0.4, -0.2) is 41.4 Å². The quantitative estimate of drug-likeness (QED) is 0.623. The van der Waals surface area contributed by atoms with Gasteiger partial charge < -0.3 is 15.4 Å². The zero-order valence-corrected chi connectivity index (χ0v) is 17.9. The molecule has 3 aromatic rings. The molecule has 0 saturated carbocycles. The summed E-state index contributed by atoms with van der Waals surface area (Å²) in [5.41, 5.74) is 8.22. The molecule has 0 radical (unpaired) electrons. The molecule has 2 N–H and O–H groups in total. The fraction of sp³-hybridized carbons (Fsp3) is 0.269. The van der Waals surface area contributed by atoms with Crippen molar-refractivity contribution in [2.45, 2.75) is 19.3 Å². The molecule has 1 aliphatic rings. The monoisotopic (exact) mass is 429 g/mol. The molecule has 6 heteroatoms. The van der Waals surface area contributed by atoms with E-state index in [2.05, 4.69) is 4.98 Å². The standard InChI is InChI=1S/C26H27N3O3/c27-25(31)26(16-20-9-11-21(12-10-20)22-6-4-14-28-17-22)13-5-15-29(19-26)24(30)18-32-23-7-2-1-3-8-23/h1-4,6-12,14,17H,5,13,15-16,18-19H2,(H2,27,31)/t26-/m0/s1. The molecule has 6 nitrogen and oxygen atoms in total. The Morgan fingerprint density at radius 1 is 1.00 bits per heavy atom. The van der Waals surface area contributed by atoms with E-state index in [4.69, 9.17) is 10.5 Å². The van der Waals surface area contributed by atoms with E-state index in [1.807, 2.05) is 72.9 Å². The van der Waals surface area contributed by atoms with Crippen molar-refractivity contribution in [1.82, 2.24) is 9.88 Å². The van der Waals surface area contributed by atoms with Crippen LogP contribution in [0.25, 0.3) is 11.1 Å². The van der Waals surface area contributed by atoms with E-state index >= 15 is 0 Å². The third kappa shape index (κ3) is 4.97. The molecule has 32 heavy (non-hydrogen) atoms. The first-order valence-corrected chi connectivity index (χ1v) is 10.8. The van der Waals surface area contributed by atoms with E-state index in [1.165, 1.54) is 0 Å². The summed E-state index contributed by atoms with van der Waals surface area (Å²) in [6.07, 6.45) is 5.46. The van der Waals surface area contributed by atoms with E-state index in [0.29, 0.717) is 31.7 Å². The van der Waals surface area contributed by atoms with E-state index in [9.17, 15) is 9.59 Å². The van der Waals surface area contributed by atoms with Crippen molar-refractivity contribution < 1.29 is 14.3 Å². The van der Waals surface area contributed by atoms with Crippen molar-refractivity contribution in [3.05, 3.63) is 84.7 Å². The number of likely N-dealkylation sites (tertiary alicyclic amines) is 1. The lowest BCUT2D eigenvalue weighted by Gasteiger charge is -2.41. The zero-order valence-electron chi connectivity index (χ0n) is 17.9. The van der Waals surface area contributed by atoms with Crippen molar-refractivity contribution >= 4 is 11.8 Å². The molecule has 2 heterocycles. The summed E-state index contributed by atoms with van der Waals surface area (Å²) in [6.45, 7) is 0.855. The van der Waals surface area contributed by atoms with Gasteiger partial charge in [0.05, 0.1) is 5.41 Å². The number of primary amides is 1. The first-order valence-electron chi connectivity index (χ1n) is 10.8. The largest absolute Gasteiger partial charge is 0.484 e. The Morgan fingerprint density at radius 2 is 1.78 bits per heavy atom. The molecular weight excluding hydrogens is 402 g/mol. The van der Waals surface area contributed by atoms with E-state index in [0.717, 1.165) is 23.1 Å². The van der Waals surface area contributed by atoms with Crippen LogP contribution in [0.3, 0.4) is 0 Å². The predicted octanol–water partition coefficient (Wildman–Crippen LogP) is 3.46. The normalized spacial score (nSPS) is 18.2. The number of ether oxygens (including phenoxy) is 1. The van der Waals surface area contributed by atoms with Crippen molar-refractivity contribution in [1.29, 1.82) is 0 Å². The maximum atomic E-state index is 12.8. The minimum atomic E-state index is -0.781. The van der Waals surface area contributed by atoms with Gasteiger partial charge in [-0.3, -0.25) is 14.6 Å². The number of pyridine rings is 1. The summed E-state index contributed by atoms with van der Waals surface area (Å²) in [6, 6.07) is 21.2. The van der Waals surface area contributed by atoms with Crippen LogP contribution in [0.5, 0.6) is 5.75 Å². The fourth-order valence-electron chi connectivity index (χ4n) is 4.27. The van der Waals surface area contributed by atoms with Crippen molar-refractivity contribution in [3.8, 4) is 16.9 Å². The molecule has 2 amide bonds. The number of rotatable bonds is 7. The molecule has 0 unspecified atom stereocenters. The minimum absolute atomic E-state index is 0.0569. The van der Waals surface area contributed by atoms with Gasteiger partial charge in [-0.25, -0.2) is 0 Å². The van der Waals surface area contributed by atoms with Crippen LogP contribution in [0, 0.1) is 5.41 Å². The Bertz CT molecular complexity index is 1050. The summed E-state index contributed by atoms with van der Waals surface area (Å²) < 4.78 is 5.61. The van der Waals surface area contributed by atoms with Gasteiger partial charge in [0.25, 0.3) is 5.91 Å². The Kier molecular flexibility index (Phi) is 6.50. The van der Waals surface area contributed by atoms with Gasteiger partial charge in [-0.1, -0.05) is 48.5 Å². The minimum Gasteiger partial charge on any atom is -0.484 e. The zero-order chi connectivity index (χ0) is 22.4. The number of para-hydroxylation sites is 1. The van der Waals surface area contributed by atoms with Crippen LogP contribution in [0.1, 0.15) is 18.4 Å². The van der Waals surface area contributed by atoms with Gasteiger partial charge in [-0.2, -0.15) is 0 Å². The number of aromatic nitrogens is 1. The molecule has 0 bridgehead atoms. The third-order valence-corrected chi connectivity index (χ3v) is 6.05. The molecule has 1 aromatic heterocycles. The number of hydrogen-bond donors (Lipinski definition) is 1. The molecule has 164 valence electrons. The highest BCUT2D eigenvalue weighted by atomic mass is 16.5. The molecule has 0 aliphatic carbocycles. The van der Waals surface area contributed by atoms with Crippen molar-refractivity contribution in [2.24, 2.45) is 11.1 Å². The molecule has 2 aromatic carbocycles. The molecule has 0 spiro atoms. The number of carbonyl (C=O) groups is 2. The van der Waals surface area contributed by atoms with Gasteiger partial charge in [0.2, 0.25) is 5.91 Å². The summed E-state index contributed by atoms with van der Waals surface area (Å²) in [5.74, 6) is 0.147. The van der Waals surface area contributed by atoms with Crippen LogP contribution in [0.15, 0.2) is 79.1 Å². The Balaban J connectivity index is 1.44. The number of amides is 2. The third-order valence-electron chi connectivity index (χ3n) is 6.05. The highest BCUT2D eigenvalue weighted by Crippen LogP contribution is 2.34. The Labute approximate surface area is 188 Å². The number of hydrogen-bond acceptors (Lipinski definition) is 4. The second-order valence-electron chi connectivity index (χ2n) is 8.28. The van der Waals surface area contributed by atoms with Crippen molar-refractivity contribution in [3.63, 3.8) is 0 Å². The number of piperidine rings is 1. The van der Waals surface area contributed by atoms with Crippen LogP contribution in [-0.2, 0) is 16.0 Å². The summed E-state index contributed by atoms with van der Waals surface area (Å²) >= 11 is 0. The first kappa shape index (κ1) is 21.6. The summed E-state index contributed by atoms with van der Waals surface area (Å²) in [4.78, 5) is 31.2. The lowest BCUT2D eigenvalue weighted by molar-refractivity contribution is -0.141. The number of nitrogens with two attached hydrogens (primary N) is 1. The van der Waals surface area contributed by atoms with Gasteiger partial charge in [0.15, 0.2) is 6.61 Å². The van der Waals surface area contributed by atoms with E-state index < -0.39 is 5.41 Å². The van der Waals surface area contributed by atoms with Gasteiger partial charge >= 0.3 is 0 Å². The maximum Gasteiger partial charge on any atom is 0.260 e. The lowest BCUT2D eigenvalue weighted by Crippen LogP contribution is -2.54. The molecule has 4 rings (SSSR count). The Morgan fingerprint density at radius 3 is 2.47 bits per heavy atom. The highest BCUT2D eigenvalue weighted by Gasteiger charge is 2.42. The van der Waals surface area contributed by atoms with E-state index in [1.54, 1.807) is 11.1 Å². The summed E-state index contributed by atoms with van der Waals surface area (Å²) in [5, 5.41) is 0. The van der Waals surface area contributed by atoms with Crippen LogP contribution >= 0.6 is 0 Å². The second kappa shape index (κ2) is 9.64. The molecule has 1 fully saturated rings. The second-order valence-corrected chi connectivity index (χ2v) is 8.28. The first-order chi connectivity index (χ1) is 15.6. The molecular formula is C26H27N3O3. The van der Waals surface area contributed by atoms with Crippen LogP contribution < -0.4 is 10.5 Å². The smallest absolute Gasteiger partial charge is 0.260 e. The SMILES string of the molecule is NC(=O)[C@]1(Cc2ccc(-c3cccnc3)cc2)CCCN(C(=O)COc2ccccc2)C1. The molecule has 1 aliphatic heterocycles. The molecule has 1 saturated heterocycles. The Hall–Kier alpha value is -3.67. The van der Waals surface area contributed by atoms with Gasteiger partial charge in [0, 0.05) is 25.5 Å². The number of benzene rings is 2. The number of nitrogens with zero attached hydrogens (tertiary/aromatic N) is 2. The molecule has 1 atom stereocenters. The topological polar surface area (TPSA) is 85.5 Å². The van der Waals surface area contributed by atoms with Crippen LogP contribution in [0.2, 0.25) is 0 Å². The average molecular weight is 430 g/mol. The average Bonchev–Trinajstić information content (AvgIpc) is 2.84. The van der Waals surface area contributed by atoms with Gasteiger partial charge in [0.1, 0.15) is 5.75 Å². The fourth-order valence-corrected chi connectivity index (χ4v) is 4.27. The van der Waals surface area contributed by atoms with E-state index in [-0.39, 0.29) is 18.4 Å². The van der Waals surface area contributed by atoms with Gasteiger partial charge in [-0.15, -0.1) is 0 Å². The van der Waals surface area contributed by atoms with Crippen LogP contribution in [0.4, 0.5) is 0 Å². The number of carbonyl (C=O) groups excluding carboxylic acids is 2. The summed E-state index contributed by atoms with van der Waals surface area (Å²) in [7, 11) is 0. The lowest BCUT2D eigenvalue weighted by atomic mass is 9.74. The maximum absolute atomic E-state index is 12.8. The predicted molar refractivity (Wildman–Crippen MR) is 123 cm³/mol.